The molecule has 0 nitrogen and oxygen atoms in total. The van der Waals surface area contributed by atoms with Gasteiger partial charge in [0.2, 0.25) is 0 Å². The molecule has 0 amide bonds. The van der Waals surface area contributed by atoms with Crippen molar-refractivity contribution in [2.24, 2.45) is 5.92 Å². The van der Waals surface area contributed by atoms with Crippen molar-refractivity contribution in [3.8, 4) is 0 Å². The fourth-order valence-corrected chi connectivity index (χ4v) is 22.3. The van der Waals surface area contributed by atoms with Crippen LogP contribution in [-0.4, -0.2) is 18.4 Å². The van der Waals surface area contributed by atoms with Gasteiger partial charge in [0.25, 0.3) is 0 Å². The van der Waals surface area contributed by atoms with Crippen molar-refractivity contribution in [2.75, 3.05) is 0 Å². The Morgan fingerprint density at radius 1 is 0.593 bits per heavy atom. The van der Waals surface area contributed by atoms with E-state index >= 15 is 0 Å². The van der Waals surface area contributed by atoms with Crippen LogP contribution in [0.25, 0.3) is 0 Å². The molecule has 27 heavy (non-hydrogen) atoms. The molecule has 0 fully saturated rings. The van der Waals surface area contributed by atoms with Gasteiger partial charge in [0.05, 0.1) is 0 Å². The van der Waals surface area contributed by atoms with Gasteiger partial charge in [0, 0.05) is 0 Å². The van der Waals surface area contributed by atoms with Crippen LogP contribution in [0.1, 0.15) is 124 Å². The minimum absolute atomic E-state index is 0.839. The molecule has 0 rings (SSSR count). The first-order chi connectivity index (χ1) is 13.2. The second-order valence-corrected chi connectivity index (χ2v) is 23.3. The normalized spacial score (nSPS) is 13.0. The second-order valence-electron chi connectivity index (χ2n) is 9.27. The predicted molar refractivity (Wildman–Crippen MR) is 131 cm³/mol. The summed E-state index contributed by atoms with van der Waals surface area (Å²) in [6.45, 7) is 13.7. The molecule has 0 saturated heterocycles. The van der Waals surface area contributed by atoms with Crippen LogP contribution in [0, 0.1) is 5.92 Å². The first-order valence-corrected chi connectivity index (χ1v) is 20.9. The van der Waals surface area contributed by atoms with Gasteiger partial charge in [-0.15, -0.1) is 0 Å². The summed E-state index contributed by atoms with van der Waals surface area (Å²) in [7, 11) is 0. The van der Waals surface area contributed by atoms with E-state index in [1.165, 1.54) is 96.3 Å². The zero-order valence-corrected chi connectivity index (χ0v) is 22.7. The van der Waals surface area contributed by atoms with Crippen LogP contribution in [0.5, 0.6) is 0 Å². The van der Waals surface area contributed by atoms with Crippen LogP contribution in [0.2, 0.25) is 17.7 Å². The average molecular weight is 485 g/mol. The number of allylic oxidation sites excluding steroid dienone is 1. The molecule has 1 heteroatoms. The summed E-state index contributed by atoms with van der Waals surface area (Å²) in [6.07, 6.45) is 24.0. The molecule has 0 aliphatic rings. The molecule has 1 unspecified atom stereocenters. The minimum atomic E-state index is -1.98. The molecule has 0 saturated carbocycles. The summed E-state index contributed by atoms with van der Waals surface area (Å²) < 4.78 is 6.60. The topological polar surface area (TPSA) is 0 Å². The molecule has 0 aromatic heterocycles. The van der Waals surface area contributed by atoms with E-state index in [-0.39, 0.29) is 0 Å². The van der Waals surface area contributed by atoms with Gasteiger partial charge < -0.3 is 0 Å². The first-order valence-electron chi connectivity index (χ1n) is 12.8. The van der Waals surface area contributed by atoms with Crippen molar-refractivity contribution in [3.05, 3.63) is 12.7 Å². The molecule has 0 spiro atoms. The standard InChI is InChI=1S/C14H27.3C4H9.Sn/c1-4-6-7-8-9-10-11-12-13-14(3)5-2;3*1-3-4-2;/h5,14H,2-4,6-13H2,1H3;3*1,3-4H2,2H3;. The van der Waals surface area contributed by atoms with Crippen LogP contribution in [-0.2, 0) is 0 Å². The summed E-state index contributed by atoms with van der Waals surface area (Å²) in [5.41, 5.74) is 0. The zero-order valence-electron chi connectivity index (χ0n) is 19.8. The van der Waals surface area contributed by atoms with Crippen LogP contribution in [0.4, 0.5) is 0 Å². The Balaban J connectivity index is 4.46. The van der Waals surface area contributed by atoms with Gasteiger partial charge in [-0.05, 0) is 0 Å². The van der Waals surface area contributed by atoms with E-state index in [0.717, 1.165) is 5.92 Å². The molecule has 0 radical (unpaired) electrons. The molecule has 0 aromatic rings. The van der Waals surface area contributed by atoms with Crippen molar-refractivity contribution in [2.45, 2.75) is 142 Å². The molecule has 0 heterocycles. The van der Waals surface area contributed by atoms with Gasteiger partial charge in [0.1, 0.15) is 0 Å². The van der Waals surface area contributed by atoms with Gasteiger partial charge in [-0.2, -0.15) is 0 Å². The van der Waals surface area contributed by atoms with E-state index in [1.807, 2.05) is 0 Å². The van der Waals surface area contributed by atoms with Gasteiger partial charge in [-0.25, -0.2) is 0 Å². The Bertz CT molecular complexity index is 288. The third-order valence-electron chi connectivity index (χ3n) is 6.64. The number of unbranched alkanes of at least 4 members (excludes halogenated alkanes) is 10. The Hall–Kier alpha value is 0.539. The molecule has 0 aliphatic heterocycles. The van der Waals surface area contributed by atoms with Crippen molar-refractivity contribution >= 4 is 18.4 Å². The molecule has 0 aliphatic carbocycles. The summed E-state index contributed by atoms with van der Waals surface area (Å²) in [4.78, 5) is 0. The van der Waals surface area contributed by atoms with Crippen molar-refractivity contribution < 1.29 is 0 Å². The van der Waals surface area contributed by atoms with Gasteiger partial charge >= 0.3 is 179 Å². The number of hydrogen-bond acceptors (Lipinski definition) is 0. The Labute approximate surface area is 178 Å². The molecule has 162 valence electrons. The van der Waals surface area contributed by atoms with E-state index in [4.69, 9.17) is 0 Å². The zero-order chi connectivity index (χ0) is 20.2. The van der Waals surface area contributed by atoms with E-state index < -0.39 is 18.4 Å². The van der Waals surface area contributed by atoms with Crippen LogP contribution in [0.15, 0.2) is 12.7 Å². The van der Waals surface area contributed by atoms with E-state index in [2.05, 4.69) is 40.3 Å². The first kappa shape index (κ1) is 27.5. The van der Waals surface area contributed by atoms with E-state index in [1.54, 1.807) is 17.7 Å². The summed E-state index contributed by atoms with van der Waals surface area (Å²) in [5, 5.41) is 0. The van der Waals surface area contributed by atoms with Gasteiger partial charge in [-0.3, -0.25) is 0 Å². The summed E-state index contributed by atoms with van der Waals surface area (Å²) in [6, 6.07) is 0. The molecule has 0 bridgehead atoms. The second kappa shape index (κ2) is 19.8. The third kappa shape index (κ3) is 15.1. The van der Waals surface area contributed by atoms with Crippen LogP contribution < -0.4 is 0 Å². The van der Waals surface area contributed by atoms with Crippen LogP contribution >= 0.6 is 0 Å². The maximum atomic E-state index is 4.27. The third-order valence-corrected chi connectivity index (χ3v) is 22.7. The van der Waals surface area contributed by atoms with Gasteiger partial charge in [-0.1, -0.05) is 0 Å². The van der Waals surface area contributed by atoms with Gasteiger partial charge in [0.15, 0.2) is 0 Å². The van der Waals surface area contributed by atoms with E-state index in [9.17, 15) is 0 Å². The van der Waals surface area contributed by atoms with Crippen molar-refractivity contribution in [1.82, 2.24) is 0 Å². The van der Waals surface area contributed by atoms with Crippen molar-refractivity contribution in [1.29, 1.82) is 0 Å². The fourth-order valence-electron chi connectivity index (χ4n) is 4.74. The predicted octanol–water partition coefficient (Wildman–Crippen LogP) is 10.2. The average Bonchev–Trinajstić information content (AvgIpc) is 2.69. The summed E-state index contributed by atoms with van der Waals surface area (Å²) in [5.74, 6) is 0.839. The number of rotatable bonds is 21. The SMILES string of the molecule is C=CC(CCCCCCCCCC)[CH2][Sn]([CH2]CCC)([CH2]CCC)[CH2]CCC. The summed E-state index contributed by atoms with van der Waals surface area (Å²) >= 11 is -1.98. The quantitative estimate of drug-likeness (QED) is 0.0862. The van der Waals surface area contributed by atoms with Crippen molar-refractivity contribution in [3.63, 3.8) is 0 Å². The van der Waals surface area contributed by atoms with Crippen LogP contribution in [0.3, 0.4) is 0 Å². The molecule has 1 atom stereocenters. The Kier molecular flexibility index (Phi) is 20.2. The molecular weight excluding hydrogens is 431 g/mol. The Morgan fingerprint density at radius 2 is 1.00 bits per heavy atom. The Morgan fingerprint density at radius 3 is 1.41 bits per heavy atom. The number of hydrogen-bond donors (Lipinski definition) is 0. The molecule has 0 aromatic carbocycles. The maximum absolute atomic E-state index is 4.27. The van der Waals surface area contributed by atoms with E-state index in [0.29, 0.717) is 0 Å². The fraction of sp³-hybridized carbons (Fsp3) is 0.923. The molecule has 0 N–H and O–H groups in total. The monoisotopic (exact) mass is 486 g/mol. The molecular formula is C26H54Sn.